The molecule has 1 atom stereocenters. The number of hydrogen-bond acceptors (Lipinski definition) is 5. The van der Waals surface area contributed by atoms with E-state index in [0.29, 0.717) is 32.1 Å². The summed E-state index contributed by atoms with van der Waals surface area (Å²) in [6.07, 6.45) is 4.49. The normalized spacial score (nSPS) is 25.8. The number of ether oxygens (including phenoxy) is 1. The van der Waals surface area contributed by atoms with Crippen molar-refractivity contribution in [2.45, 2.75) is 51.2 Å². The van der Waals surface area contributed by atoms with Gasteiger partial charge < -0.3 is 9.84 Å². The highest BCUT2D eigenvalue weighted by molar-refractivity contribution is 7.88. The van der Waals surface area contributed by atoms with Crippen LogP contribution in [0.5, 0.6) is 5.75 Å². The van der Waals surface area contributed by atoms with Gasteiger partial charge in [-0.25, -0.2) is 12.7 Å². The molecule has 2 heterocycles. The number of hydrogen-bond donors (Lipinski definition) is 1. The molecule has 2 saturated heterocycles. The lowest BCUT2D eigenvalue weighted by Gasteiger charge is -2.44. The average molecular weight is 431 g/mol. The third-order valence-electron chi connectivity index (χ3n) is 5.91. The summed E-state index contributed by atoms with van der Waals surface area (Å²) in [5, 5.41) is 11.9. The molecule has 1 aromatic carbocycles. The molecule has 0 spiro atoms. The molecule has 0 saturated carbocycles. The van der Waals surface area contributed by atoms with Crippen molar-refractivity contribution in [2.75, 3.05) is 39.0 Å². The Morgan fingerprint density at radius 1 is 1.21 bits per heavy atom. The maximum Gasteiger partial charge on any atom is 0.211 e. The maximum atomic E-state index is 11.7. The van der Waals surface area contributed by atoms with Gasteiger partial charge in [0.2, 0.25) is 10.0 Å². The fraction of sp³-hybridized carbons (Fsp3) is 0.700. The minimum atomic E-state index is -3.12. The smallest absolute Gasteiger partial charge is 0.211 e. The van der Waals surface area contributed by atoms with Gasteiger partial charge in [0, 0.05) is 30.7 Å². The van der Waals surface area contributed by atoms with Crippen molar-refractivity contribution in [2.24, 2.45) is 0 Å². The van der Waals surface area contributed by atoms with E-state index in [9.17, 15) is 13.5 Å². The highest BCUT2D eigenvalue weighted by Gasteiger charge is 2.38. The topological polar surface area (TPSA) is 70.1 Å². The number of likely N-dealkylation sites (tertiary alicyclic amines) is 1. The molecule has 0 bridgehead atoms. The van der Waals surface area contributed by atoms with Crippen LogP contribution >= 0.6 is 11.6 Å². The quantitative estimate of drug-likeness (QED) is 0.777. The zero-order chi connectivity index (χ0) is 20.5. The van der Waals surface area contributed by atoms with Gasteiger partial charge in [-0.2, -0.15) is 0 Å². The second kappa shape index (κ2) is 8.48. The van der Waals surface area contributed by atoms with Crippen LogP contribution in [-0.2, 0) is 10.0 Å². The molecular weight excluding hydrogens is 400 g/mol. The van der Waals surface area contributed by atoms with E-state index in [1.165, 1.54) is 6.26 Å². The lowest BCUT2D eigenvalue weighted by molar-refractivity contribution is -0.0740. The van der Waals surface area contributed by atoms with Gasteiger partial charge in [-0.15, -0.1) is 0 Å². The van der Waals surface area contributed by atoms with E-state index in [1.807, 2.05) is 26.0 Å². The van der Waals surface area contributed by atoms with Crippen molar-refractivity contribution in [3.63, 3.8) is 0 Å². The van der Waals surface area contributed by atoms with Gasteiger partial charge in [-0.05, 0) is 69.3 Å². The molecule has 2 aliphatic rings. The van der Waals surface area contributed by atoms with Crippen LogP contribution in [0.15, 0.2) is 12.1 Å². The standard InChI is InChI=1S/C20H31ClN2O4S/c1-15-11-18(12-16(2)19(15)21)27-14-20(24)7-4-8-22(13-20)17-5-9-23(10-6-17)28(3,25)26/h11-12,17,24H,4-10,13-14H2,1-3H3/t20-/m0/s1. The summed E-state index contributed by atoms with van der Waals surface area (Å²) in [6, 6.07) is 4.12. The van der Waals surface area contributed by atoms with E-state index < -0.39 is 15.6 Å². The first-order valence-corrected chi connectivity index (χ1v) is 12.1. The first-order valence-electron chi connectivity index (χ1n) is 9.88. The van der Waals surface area contributed by atoms with Gasteiger partial charge in [0.25, 0.3) is 0 Å². The molecule has 0 radical (unpaired) electrons. The third-order valence-corrected chi connectivity index (χ3v) is 7.81. The average Bonchev–Trinajstić information content (AvgIpc) is 2.64. The Kier molecular flexibility index (Phi) is 6.61. The van der Waals surface area contributed by atoms with Crippen LogP contribution in [0.2, 0.25) is 5.02 Å². The third kappa shape index (κ3) is 5.19. The first-order chi connectivity index (χ1) is 13.1. The van der Waals surface area contributed by atoms with Gasteiger partial charge >= 0.3 is 0 Å². The summed E-state index contributed by atoms with van der Waals surface area (Å²) >= 11 is 6.22. The largest absolute Gasteiger partial charge is 0.491 e. The van der Waals surface area contributed by atoms with Crippen LogP contribution in [0.1, 0.15) is 36.8 Å². The van der Waals surface area contributed by atoms with E-state index in [4.69, 9.17) is 16.3 Å². The molecule has 2 aliphatic heterocycles. The number of sulfonamides is 1. The second-order valence-corrected chi connectivity index (χ2v) is 10.7. The Balaban J connectivity index is 1.58. The molecule has 1 aromatic rings. The van der Waals surface area contributed by atoms with Crippen molar-refractivity contribution in [1.29, 1.82) is 0 Å². The summed E-state index contributed by atoms with van der Waals surface area (Å²) < 4.78 is 30.9. The molecule has 3 rings (SSSR count). The Hall–Kier alpha value is -0.860. The number of β-amino-alcohol motifs (C(OH)–C–C–N with tert-alkyl or cyclic N) is 1. The van der Waals surface area contributed by atoms with Gasteiger partial charge in [0.15, 0.2) is 0 Å². The molecule has 6 nitrogen and oxygen atoms in total. The van der Waals surface area contributed by atoms with E-state index in [0.717, 1.165) is 47.7 Å². The number of benzene rings is 1. The van der Waals surface area contributed by atoms with Crippen molar-refractivity contribution >= 4 is 21.6 Å². The second-order valence-electron chi connectivity index (χ2n) is 8.35. The summed E-state index contributed by atoms with van der Waals surface area (Å²) in [4.78, 5) is 2.31. The zero-order valence-electron chi connectivity index (χ0n) is 16.9. The minimum absolute atomic E-state index is 0.242. The number of rotatable bonds is 5. The number of aryl methyl sites for hydroxylation is 2. The Morgan fingerprint density at radius 2 is 1.82 bits per heavy atom. The van der Waals surface area contributed by atoms with E-state index in [1.54, 1.807) is 4.31 Å². The molecule has 1 N–H and O–H groups in total. The Labute approximate surface area is 173 Å². The lowest BCUT2D eigenvalue weighted by atomic mass is 9.91. The van der Waals surface area contributed by atoms with Crippen LogP contribution in [0.3, 0.4) is 0 Å². The summed E-state index contributed by atoms with van der Waals surface area (Å²) in [5.41, 5.74) is 1.03. The molecule has 0 aromatic heterocycles. The Morgan fingerprint density at radius 3 is 2.39 bits per heavy atom. The van der Waals surface area contributed by atoms with E-state index >= 15 is 0 Å². The molecule has 0 unspecified atom stereocenters. The number of halogens is 1. The van der Waals surface area contributed by atoms with Crippen LogP contribution in [0.4, 0.5) is 0 Å². The van der Waals surface area contributed by atoms with Crippen LogP contribution in [-0.4, -0.2) is 73.4 Å². The predicted molar refractivity (Wildman–Crippen MR) is 112 cm³/mol. The molecule has 0 amide bonds. The highest BCUT2D eigenvalue weighted by atomic mass is 35.5. The van der Waals surface area contributed by atoms with Crippen LogP contribution in [0, 0.1) is 13.8 Å². The van der Waals surface area contributed by atoms with Gasteiger partial charge in [-0.3, -0.25) is 4.90 Å². The fourth-order valence-electron chi connectivity index (χ4n) is 4.32. The molecule has 2 fully saturated rings. The van der Waals surface area contributed by atoms with Crippen molar-refractivity contribution in [1.82, 2.24) is 9.21 Å². The number of piperidine rings is 2. The molecule has 8 heteroatoms. The summed E-state index contributed by atoms with van der Waals surface area (Å²) in [6.45, 7) is 6.74. The maximum absolute atomic E-state index is 11.7. The van der Waals surface area contributed by atoms with Gasteiger partial charge in [0.05, 0.1) is 6.26 Å². The fourth-order valence-corrected chi connectivity index (χ4v) is 5.31. The van der Waals surface area contributed by atoms with Gasteiger partial charge in [0.1, 0.15) is 18.0 Å². The minimum Gasteiger partial charge on any atom is -0.491 e. The van der Waals surface area contributed by atoms with Crippen molar-refractivity contribution < 1.29 is 18.3 Å². The summed E-state index contributed by atoms with van der Waals surface area (Å²) in [5.74, 6) is 0.728. The van der Waals surface area contributed by atoms with Gasteiger partial charge in [-0.1, -0.05) is 11.6 Å². The first kappa shape index (κ1) is 21.8. The zero-order valence-corrected chi connectivity index (χ0v) is 18.5. The Bertz CT molecular complexity index is 785. The molecule has 0 aliphatic carbocycles. The van der Waals surface area contributed by atoms with Crippen molar-refractivity contribution in [3.05, 3.63) is 28.3 Å². The van der Waals surface area contributed by atoms with E-state index in [-0.39, 0.29) is 6.61 Å². The van der Waals surface area contributed by atoms with Crippen molar-refractivity contribution in [3.8, 4) is 5.75 Å². The lowest BCUT2D eigenvalue weighted by Crippen LogP contribution is -2.56. The monoisotopic (exact) mass is 430 g/mol. The SMILES string of the molecule is Cc1cc(OC[C@]2(O)CCCN(C3CCN(S(C)(=O)=O)CC3)C2)cc(C)c1Cl. The molecule has 158 valence electrons. The molecular formula is C20H31ClN2O4S. The number of aliphatic hydroxyl groups is 1. The number of nitrogens with zero attached hydrogens (tertiary/aromatic N) is 2. The highest BCUT2D eigenvalue weighted by Crippen LogP contribution is 2.30. The molecule has 28 heavy (non-hydrogen) atoms. The van der Waals surface area contributed by atoms with E-state index in [2.05, 4.69) is 4.90 Å². The summed E-state index contributed by atoms with van der Waals surface area (Å²) in [7, 11) is -3.12. The van der Waals surface area contributed by atoms with Crippen LogP contribution < -0.4 is 4.74 Å². The predicted octanol–water partition coefficient (Wildman–Crippen LogP) is 2.59. The van der Waals surface area contributed by atoms with Crippen LogP contribution in [0.25, 0.3) is 0 Å².